The first kappa shape index (κ1) is 12.0. The van der Waals surface area contributed by atoms with Gasteiger partial charge in [-0.05, 0) is 32.0 Å². The summed E-state index contributed by atoms with van der Waals surface area (Å²) in [4.78, 5) is 5.10. The van der Waals surface area contributed by atoms with Gasteiger partial charge in [0.05, 0.1) is 11.4 Å². The van der Waals surface area contributed by atoms with Gasteiger partial charge in [0, 0.05) is 10.6 Å². The van der Waals surface area contributed by atoms with Gasteiger partial charge in [0.2, 0.25) is 5.89 Å². The number of rotatable bonds is 3. The van der Waals surface area contributed by atoms with Gasteiger partial charge in [0.25, 0.3) is 0 Å². The van der Waals surface area contributed by atoms with Crippen molar-refractivity contribution < 1.29 is 8.81 Å². The molecule has 0 unspecified atom stereocenters. The molecule has 0 fully saturated rings. The number of hydrogen-bond donors (Lipinski definition) is 1. The Morgan fingerprint density at radius 1 is 1.41 bits per heavy atom. The SMILES string of the molecule is Cc1nc(CSc2ccc(F)cc2N)oc1C. The van der Waals surface area contributed by atoms with Gasteiger partial charge in [-0.1, -0.05) is 0 Å². The maximum absolute atomic E-state index is 12.8. The summed E-state index contributed by atoms with van der Waals surface area (Å²) in [5.74, 6) is 1.75. The van der Waals surface area contributed by atoms with E-state index < -0.39 is 0 Å². The molecule has 3 nitrogen and oxygen atoms in total. The Bertz CT molecular complexity index is 520. The lowest BCUT2D eigenvalue weighted by molar-refractivity contribution is 0.489. The third-order valence-corrected chi connectivity index (χ3v) is 3.47. The van der Waals surface area contributed by atoms with E-state index in [9.17, 15) is 4.39 Å². The molecule has 17 heavy (non-hydrogen) atoms. The molecule has 0 bridgehead atoms. The molecule has 0 saturated carbocycles. The van der Waals surface area contributed by atoms with Crippen LogP contribution in [0.25, 0.3) is 0 Å². The molecule has 2 N–H and O–H groups in total. The third-order valence-electron chi connectivity index (χ3n) is 2.40. The van der Waals surface area contributed by atoms with Crippen LogP contribution in [0, 0.1) is 19.7 Å². The second-order valence-corrected chi connectivity index (χ2v) is 4.74. The van der Waals surface area contributed by atoms with E-state index in [2.05, 4.69) is 4.98 Å². The molecule has 0 aliphatic heterocycles. The number of aromatic nitrogens is 1. The topological polar surface area (TPSA) is 52.0 Å². The molecule has 1 aromatic carbocycles. The van der Waals surface area contributed by atoms with Crippen molar-refractivity contribution in [2.75, 3.05) is 5.73 Å². The van der Waals surface area contributed by atoms with Gasteiger partial charge in [0.1, 0.15) is 11.6 Å². The minimum absolute atomic E-state index is 0.324. The molecule has 0 saturated heterocycles. The number of aryl methyl sites for hydroxylation is 2. The predicted octanol–water partition coefficient (Wildman–Crippen LogP) is 3.31. The minimum Gasteiger partial charge on any atom is -0.445 e. The van der Waals surface area contributed by atoms with E-state index in [1.807, 2.05) is 13.8 Å². The van der Waals surface area contributed by atoms with Gasteiger partial charge in [-0.3, -0.25) is 0 Å². The lowest BCUT2D eigenvalue weighted by Gasteiger charge is -2.03. The number of nitrogens with zero attached hydrogens (tertiary/aromatic N) is 1. The van der Waals surface area contributed by atoms with Crippen LogP contribution in [-0.4, -0.2) is 4.98 Å². The van der Waals surface area contributed by atoms with Crippen LogP contribution in [0.2, 0.25) is 0 Å². The lowest BCUT2D eigenvalue weighted by Crippen LogP contribution is -1.90. The Morgan fingerprint density at radius 2 is 2.18 bits per heavy atom. The van der Waals surface area contributed by atoms with Crippen molar-refractivity contribution in [3.05, 3.63) is 41.4 Å². The predicted molar refractivity (Wildman–Crippen MR) is 66.4 cm³/mol. The van der Waals surface area contributed by atoms with Crippen LogP contribution in [0.15, 0.2) is 27.5 Å². The minimum atomic E-state index is -0.324. The molecular formula is C12H13FN2OS. The maximum atomic E-state index is 12.8. The van der Waals surface area contributed by atoms with Crippen molar-refractivity contribution in [1.29, 1.82) is 0 Å². The van der Waals surface area contributed by atoms with Crippen LogP contribution in [0.3, 0.4) is 0 Å². The van der Waals surface area contributed by atoms with Gasteiger partial charge < -0.3 is 10.2 Å². The summed E-state index contributed by atoms with van der Waals surface area (Å²) < 4.78 is 18.3. The van der Waals surface area contributed by atoms with Crippen LogP contribution in [0.4, 0.5) is 10.1 Å². The fourth-order valence-corrected chi connectivity index (χ4v) is 2.18. The number of nitrogen functional groups attached to an aromatic ring is 1. The Kier molecular flexibility index (Phi) is 3.38. The lowest BCUT2D eigenvalue weighted by atomic mass is 10.3. The van der Waals surface area contributed by atoms with Gasteiger partial charge >= 0.3 is 0 Å². The van der Waals surface area contributed by atoms with Crippen molar-refractivity contribution in [2.45, 2.75) is 24.5 Å². The van der Waals surface area contributed by atoms with E-state index in [0.29, 0.717) is 17.3 Å². The van der Waals surface area contributed by atoms with Gasteiger partial charge in [-0.25, -0.2) is 9.37 Å². The number of benzene rings is 1. The zero-order valence-electron chi connectivity index (χ0n) is 9.66. The average molecular weight is 252 g/mol. The summed E-state index contributed by atoms with van der Waals surface area (Å²) in [6.07, 6.45) is 0. The molecule has 0 radical (unpaired) electrons. The number of halogens is 1. The summed E-state index contributed by atoms with van der Waals surface area (Å²) in [5, 5.41) is 0. The fourth-order valence-electron chi connectivity index (χ4n) is 1.39. The number of nitrogens with two attached hydrogens (primary N) is 1. The molecule has 0 spiro atoms. The number of oxazole rings is 1. The van der Waals surface area contributed by atoms with Gasteiger partial charge in [0.15, 0.2) is 0 Å². The molecule has 0 aliphatic carbocycles. The Labute approximate surface area is 103 Å². The summed E-state index contributed by atoms with van der Waals surface area (Å²) in [5.41, 5.74) is 7.04. The summed E-state index contributed by atoms with van der Waals surface area (Å²) in [6, 6.07) is 4.37. The molecular weight excluding hydrogens is 239 g/mol. The molecule has 0 atom stereocenters. The summed E-state index contributed by atoms with van der Waals surface area (Å²) in [6.45, 7) is 3.78. The zero-order valence-corrected chi connectivity index (χ0v) is 10.5. The monoisotopic (exact) mass is 252 g/mol. The van der Waals surface area contributed by atoms with E-state index >= 15 is 0 Å². The molecule has 1 aromatic heterocycles. The normalized spacial score (nSPS) is 10.8. The standard InChI is InChI=1S/C12H13FN2OS/c1-7-8(2)16-12(15-7)6-17-11-4-3-9(13)5-10(11)14/h3-5H,6,14H2,1-2H3. The number of anilines is 1. The largest absolute Gasteiger partial charge is 0.445 e. The highest BCUT2D eigenvalue weighted by Gasteiger charge is 2.07. The van der Waals surface area contributed by atoms with Crippen LogP contribution in [0.1, 0.15) is 17.3 Å². The number of hydrogen-bond acceptors (Lipinski definition) is 4. The van der Waals surface area contributed by atoms with Gasteiger partial charge in [-0.15, -0.1) is 11.8 Å². The Morgan fingerprint density at radius 3 is 2.76 bits per heavy atom. The van der Waals surface area contributed by atoms with Crippen LogP contribution < -0.4 is 5.73 Å². The van der Waals surface area contributed by atoms with Crippen molar-refractivity contribution in [1.82, 2.24) is 4.98 Å². The van der Waals surface area contributed by atoms with Crippen LogP contribution in [-0.2, 0) is 5.75 Å². The Balaban J connectivity index is 2.07. The summed E-state index contributed by atoms with van der Waals surface area (Å²) >= 11 is 1.48. The molecule has 0 aliphatic rings. The quantitative estimate of drug-likeness (QED) is 0.672. The van der Waals surface area contributed by atoms with E-state index in [0.717, 1.165) is 16.3 Å². The van der Waals surface area contributed by atoms with Crippen LogP contribution in [0.5, 0.6) is 0 Å². The molecule has 2 rings (SSSR count). The third kappa shape index (κ3) is 2.79. The second-order valence-electron chi connectivity index (χ2n) is 3.72. The molecule has 5 heteroatoms. The first-order valence-electron chi connectivity index (χ1n) is 5.17. The number of thioether (sulfide) groups is 1. The highest BCUT2D eigenvalue weighted by Crippen LogP contribution is 2.28. The first-order chi connectivity index (χ1) is 8.06. The maximum Gasteiger partial charge on any atom is 0.204 e. The summed E-state index contributed by atoms with van der Waals surface area (Å²) in [7, 11) is 0. The van der Waals surface area contributed by atoms with E-state index in [1.54, 1.807) is 6.07 Å². The van der Waals surface area contributed by atoms with Crippen molar-refractivity contribution >= 4 is 17.4 Å². The second kappa shape index (κ2) is 4.79. The highest BCUT2D eigenvalue weighted by atomic mass is 32.2. The van der Waals surface area contributed by atoms with E-state index in [4.69, 9.17) is 10.2 Å². The van der Waals surface area contributed by atoms with Gasteiger partial charge in [-0.2, -0.15) is 0 Å². The Hall–Kier alpha value is -1.49. The van der Waals surface area contributed by atoms with Crippen molar-refractivity contribution in [2.24, 2.45) is 0 Å². The van der Waals surface area contributed by atoms with Crippen molar-refractivity contribution in [3.8, 4) is 0 Å². The molecule has 2 aromatic rings. The van der Waals surface area contributed by atoms with Crippen LogP contribution >= 0.6 is 11.8 Å². The smallest absolute Gasteiger partial charge is 0.204 e. The van der Waals surface area contributed by atoms with Crippen molar-refractivity contribution in [3.63, 3.8) is 0 Å². The first-order valence-corrected chi connectivity index (χ1v) is 6.15. The average Bonchev–Trinajstić information content (AvgIpc) is 2.57. The molecule has 0 amide bonds. The zero-order chi connectivity index (χ0) is 12.4. The fraction of sp³-hybridized carbons (Fsp3) is 0.250. The molecule has 1 heterocycles. The van der Waals surface area contributed by atoms with E-state index in [1.165, 1.54) is 23.9 Å². The molecule has 90 valence electrons. The van der Waals surface area contributed by atoms with E-state index in [-0.39, 0.29) is 5.82 Å². The highest BCUT2D eigenvalue weighted by molar-refractivity contribution is 7.98.